The van der Waals surface area contributed by atoms with Gasteiger partial charge in [0, 0.05) is 17.5 Å². The Balaban J connectivity index is 1.52. The largest absolute Gasteiger partial charge is 0.340 e. The lowest BCUT2D eigenvalue weighted by molar-refractivity contribution is 0.102. The van der Waals surface area contributed by atoms with Crippen LogP contribution in [0.15, 0.2) is 51.9 Å². The molecule has 0 unspecified atom stereocenters. The maximum atomic E-state index is 12.8. The highest BCUT2D eigenvalue weighted by Crippen LogP contribution is 2.28. The van der Waals surface area contributed by atoms with Gasteiger partial charge in [0.15, 0.2) is 5.82 Å². The molecule has 0 bridgehead atoms. The summed E-state index contributed by atoms with van der Waals surface area (Å²) in [7, 11) is 0. The molecule has 8 heteroatoms. The summed E-state index contributed by atoms with van der Waals surface area (Å²) in [4.78, 5) is 22.3. The number of hydrogen-bond acceptors (Lipinski definition) is 7. The van der Waals surface area contributed by atoms with E-state index >= 15 is 0 Å². The first-order valence-corrected chi connectivity index (χ1v) is 10.1. The summed E-state index contributed by atoms with van der Waals surface area (Å²) in [6.07, 6.45) is 0. The molecule has 0 radical (unpaired) electrons. The second kappa shape index (κ2) is 7.50. The molecule has 4 aromatic rings. The van der Waals surface area contributed by atoms with Crippen LogP contribution < -0.4 is 5.32 Å². The van der Waals surface area contributed by atoms with Crippen LogP contribution in [0, 0.1) is 13.8 Å². The lowest BCUT2D eigenvalue weighted by Gasteiger charge is -2.09. The number of carbonyl (C=O) groups excluding carboxylic acids is 1. The highest BCUT2D eigenvalue weighted by Gasteiger charge is 2.13. The molecule has 27 heavy (non-hydrogen) atoms. The van der Waals surface area contributed by atoms with Crippen molar-refractivity contribution in [2.45, 2.75) is 24.5 Å². The molecule has 0 saturated heterocycles. The van der Waals surface area contributed by atoms with Crippen LogP contribution in [0.4, 0.5) is 5.69 Å². The maximum Gasteiger partial charge on any atom is 0.256 e. The molecule has 2 heterocycles. The molecule has 1 N–H and O–H groups in total. The van der Waals surface area contributed by atoms with E-state index in [1.54, 1.807) is 18.3 Å². The number of nitrogens with zero attached hydrogens (tertiary/aromatic N) is 3. The van der Waals surface area contributed by atoms with E-state index in [-0.39, 0.29) is 5.91 Å². The van der Waals surface area contributed by atoms with E-state index in [9.17, 15) is 4.79 Å². The SMILES string of the molecule is Cc1nc(CSc2ccccc2C(=O)Nc2ccc3nc(C)sc3c2)no1. The van der Waals surface area contributed by atoms with E-state index in [1.807, 2.05) is 49.4 Å². The standard InChI is InChI=1S/C19H16N4O2S2/c1-11-20-18(23-25-11)10-26-16-6-4-3-5-14(16)19(24)22-13-7-8-15-17(9-13)27-12(2)21-15/h3-9H,10H2,1-2H3,(H,22,24). The van der Waals surface area contributed by atoms with Gasteiger partial charge >= 0.3 is 0 Å². The monoisotopic (exact) mass is 396 g/mol. The number of rotatable bonds is 5. The zero-order chi connectivity index (χ0) is 18.8. The molecule has 0 saturated carbocycles. The summed E-state index contributed by atoms with van der Waals surface area (Å²) in [6, 6.07) is 13.2. The number of anilines is 1. The number of aromatic nitrogens is 3. The minimum absolute atomic E-state index is 0.150. The van der Waals surface area contributed by atoms with Crippen LogP contribution in [0.3, 0.4) is 0 Å². The predicted octanol–water partition coefficient (Wildman–Crippen LogP) is 4.84. The number of fused-ring (bicyclic) bond motifs is 1. The van der Waals surface area contributed by atoms with Gasteiger partial charge in [-0.15, -0.1) is 23.1 Å². The van der Waals surface area contributed by atoms with Gasteiger partial charge < -0.3 is 9.84 Å². The van der Waals surface area contributed by atoms with Gasteiger partial charge in [-0.3, -0.25) is 4.79 Å². The smallest absolute Gasteiger partial charge is 0.256 e. The average Bonchev–Trinajstić information content (AvgIpc) is 3.24. The second-order valence-electron chi connectivity index (χ2n) is 5.88. The highest BCUT2D eigenvalue weighted by molar-refractivity contribution is 7.98. The fourth-order valence-electron chi connectivity index (χ4n) is 2.64. The molecule has 2 aromatic carbocycles. The predicted molar refractivity (Wildman–Crippen MR) is 107 cm³/mol. The number of hydrogen-bond donors (Lipinski definition) is 1. The van der Waals surface area contributed by atoms with E-state index in [2.05, 4.69) is 20.4 Å². The third kappa shape index (κ3) is 4.01. The van der Waals surface area contributed by atoms with Crippen molar-refractivity contribution in [1.82, 2.24) is 15.1 Å². The second-order valence-corrected chi connectivity index (χ2v) is 8.14. The van der Waals surface area contributed by atoms with Crippen molar-refractivity contribution in [3.05, 3.63) is 64.8 Å². The van der Waals surface area contributed by atoms with Gasteiger partial charge in [-0.05, 0) is 37.3 Å². The van der Waals surface area contributed by atoms with Crippen LogP contribution in [0.1, 0.15) is 27.1 Å². The van der Waals surface area contributed by atoms with E-state index in [0.29, 0.717) is 23.0 Å². The van der Waals surface area contributed by atoms with Crippen molar-refractivity contribution >= 4 is 44.9 Å². The summed E-state index contributed by atoms with van der Waals surface area (Å²) in [5.41, 5.74) is 2.31. The van der Waals surface area contributed by atoms with Gasteiger partial charge in [0.1, 0.15) is 0 Å². The van der Waals surface area contributed by atoms with Crippen LogP contribution in [0.2, 0.25) is 0 Å². The minimum Gasteiger partial charge on any atom is -0.340 e. The normalized spacial score (nSPS) is 11.0. The molecule has 1 amide bonds. The molecular formula is C19H16N4O2S2. The maximum absolute atomic E-state index is 12.8. The molecule has 0 fully saturated rings. The fraction of sp³-hybridized carbons (Fsp3) is 0.158. The lowest BCUT2D eigenvalue weighted by atomic mass is 10.2. The van der Waals surface area contributed by atoms with Gasteiger partial charge in [-0.25, -0.2) is 4.98 Å². The zero-order valence-corrected chi connectivity index (χ0v) is 16.4. The number of thioether (sulfide) groups is 1. The Hall–Kier alpha value is -2.71. The first-order chi connectivity index (χ1) is 13.1. The molecule has 0 aliphatic carbocycles. The number of amides is 1. The Kier molecular flexibility index (Phi) is 4.91. The van der Waals surface area contributed by atoms with E-state index in [4.69, 9.17) is 4.52 Å². The summed E-state index contributed by atoms with van der Waals surface area (Å²) in [5, 5.41) is 7.88. The summed E-state index contributed by atoms with van der Waals surface area (Å²) in [6.45, 7) is 3.73. The van der Waals surface area contributed by atoms with E-state index in [0.717, 1.165) is 25.8 Å². The molecule has 4 rings (SSSR count). The van der Waals surface area contributed by atoms with E-state index < -0.39 is 0 Å². The third-order valence-corrected chi connectivity index (χ3v) is 5.81. The number of thiazole rings is 1. The lowest BCUT2D eigenvalue weighted by Crippen LogP contribution is -2.12. The summed E-state index contributed by atoms with van der Waals surface area (Å²) < 4.78 is 6.04. The Bertz CT molecular complexity index is 1120. The summed E-state index contributed by atoms with van der Waals surface area (Å²) in [5.74, 6) is 1.53. The Morgan fingerprint density at radius 3 is 2.85 bits per heavy atom. The molecular weight excluding hydrogens is 380 g/mol. The third-order valence-electron chi connectivity index (χ3n) is 3.81. The van der Waals surface area contributed by atoms with Crippen molar-refractivity contribution in [1.29, 1.82) is 0 Å². The minimum atomic E-state index is -0.150. The van der Waals surface area contributed by atoms with Gasteiger partial charge in [0.2, 0.25) is 5.89 Å². The quantitative estimate of drug-likeness (QED) is 0.486. The molecule has 2 aromatic heterocycles. The molecule has 136 valence electrons. The first-order valence-electron chi connectivity index (χ1n) is 8.28. The van der Waals surface area contributed by atoms with Gasteiger partial charge in [-0.2, -0.15) is 4.98 Å². The highest BCUT2D eigenvalue weighted by atomic mass is 32.2. The Labute approximate surface area is 164 Å². The van der Waals surface area contributed by atoms with Crippen LogP contribution in [-0.2, 0) is 5.75 Å². The van der Waals surface area contributed by atoms with Crippen molar-refractivity contribution in [2.75, 3.05) is 5.32 Å². The van der Waals surface area contributed by atoms with E-state index in [1.165, 1.54) is 11.8 Å². The Morgan fingerprint density at radius 1 is 1.19 bits per heavy atom. The van der Waals surface area contributed by atoms with Crippen molar-refractivity contribution in [3.8, 4) is 0 Å². The molecule has 0 aliphatic rings. The molecule has 0 aliphatic heterocycles. The van der Waals surface area contributed by atoms with Crippen LogP contribution >= 0.6 is 23.1 Å². The molecule has 0 atom stereocenters. The van der Waals surface area contributed by atoms with Crippen LogP contribution in [0.5, 0.6) is 0 Å². The Morgan fingerprint density at radius 2 is 2.04 bits per heavy atom. The topological polar surface area (TPSA) is 80.9 Å². The van der Waals surface area contributed by atoms with Gasteiger partial charge in [-0.1, -0.05) is 17.3 Å². The fourth-order valence-corrected chi connectivity index (χ4v) is 4.40. The number of nitrogens with one attached hydrogen (secondary N) is 1. The molecule has 0 spiro atoms. The number of carbonyl (C=O) groups is 1. The zero-order valence-electron chi connectivity index (χ0n) is 14.7. The number of benzene rings is 2. The average molecular weight is 396 g/mol. The van der Waals surface area contributed by atoms with Crippen molar-refractivity contribution < 1.29 is 9.32 Å². The van der Waals surface area contributed by atoms with Gasteiger partial charge in [0.25, 0.3) is 5.91 Å². The van der Waals surface area contributed by atoms with Crippen molar-refractivity contribution in [3.63, 3.8) is 0 Å². The van der Waals surface area contributed by atoms with Crippen molar-refractivity contribution in [2.24, 2.45) is 0 Å². The molecule has 6 nitrogen and oxygen atoms in total. The summed E-state index contributed by atoms with van der Waals surface area (Å²) >= 11 is 3.12. The van der Waals surface area contributed by atoms with Crippen LogP contribution in [-0.4, -0.2) is 21.0 Å². The van der Waals surface area contributed by atoms with Crippen LogP contribution in [0.25, 0.3) is 10.2 Å². The first kappa shape index (κ1) is 17.7. The van der Waals surface area contributed by atoms with Gasteiger partial charge in [0.05, 0.1) is 26.5 Å². The number of aryl methyl sites for hydroxylation is 2.